The summed E-state index contributed by atoms with van der Waals surface area (Å²) in [5, 5.41) is 3.71. The van der Waals surface area contributed by atoms with E-state index in [4.69, 9.17) is 9.72 Å². The first-order chi connectivity index (χ1) is 23.8. The molecule has 0 fully saturated rings. The number of pyridine rings is 1. The summed E-state index contributed by atoms with van der Waals surface area (Å²) >= 11 is 0. The van der Waals surface area contributed by atoms with E-state index >= 15 is 0 Å². The molecule has 0 bridgehead atoms. The summed E-state index contributed by atoms with van der Waals surface area (Å²) in [5.74, 6) is 0.242. The third-order valence-electron chi connectivity index (χ3n) is 9.71. The summed E-state index contributed by atoms with van der Waals surface area (Å²) in [6.45, 7) is 0.499. The van der Waals surface area contributed by atoms with Gasteiger partial charge in [-0.1, -0.05) is 140 Å². The highest BCUT2D eigenvalue weighted by atomic mass is 16.5. The van der Waals surface area contributed by atoms with Crippen LogP contribution in [-0.2, 0) is 11.3 Å². The number of rotatable bonds is 4. The van der Waals surface area contributed by atoms with E-state index in [0.717, 1.165) is 40.2 Å². The SMILES string of the molecule is C1=CC2C/C=C(/c3cc(-c4ccccc4)nc(-c4ccccc4)c3)c3c(c4c5ccccc5ccc4n3-c3ccccc3)COC2C=C1. The molecular formula is C45H34N2O. The van der Waals surface area contributed by atoms with Crippen molar-refractivity contribution in [2.45, 2.75) is 19.1 Å². The molecule has 0 radical (unpaired) electrons. The normalized spacial score (nSPS) is 18.4. The molecule has 2 atom stereocenters. The van der Waals surface area contributed by atoms with Crippen LogP contribution in [0.5, 0.6) is 0 Å². The average Bonchev–Trinajstić information content (AvgIpc) is 3.52. The monoisotopic (exact) mass is 618 g/mol. The fraction of sp³-hybridized carbons (Fsp3) is 0.0889. The lowest BCUT2D eigenvalue weighted by Crippen LogP contribution is -2.21. The van der Waals surface area contributed by atoms with Gasteiger partial charge in [0, 0.05) is 39.3 Å². The number of benzene rings is 5. The van der Waals surface area contributed by atoms with Crippen LogP contribution in [0.1, 0.15) is 23.2 Å². The molecular weight excluding hydrogens is 585 g/mol. The molecule has 1 aliphatic carbocycles. The smallest absolute Gasteiger partial charge is 0.0829 e. The van der Waals surface area contributed by atoms with Crippen molar-refractivity contribution in [3.8, 4) is 28.2 Å². The Morgan fingerprint density at radius 3 is 2.00 bits per heavy atom. The third kappa shape index (κ3) is 5.00. The molecule has 5 aromatic carbocycles. The third-order valence-corrected chi connectivity index (χ3v) is 9.71. The lowest BCUT2D eigenvalue weighted by atomic mass is 9.90. The van der Waals surface area contributed by atoms with Crippen molar-refractivity contribution in [1.29, 1.82) is 0 Å². The van der Waals surface area contributed by atoms with E-state index in [9.17, 15) is 0 Å². The first-order valence-corrected chi connectivity index (χ1v) is 16.7. The molecule has 1 aliphatic heterocycles. The summed E-state index contributed by atoms with van der Waals surface area (Å²) in [6, 6.07) is 49.6. The largest absolute Gasteiger partial charge is 0.369 e. The fourth-order valence-corrected chi connectivity index (χ4v) is 7.42. The molecule has 2 aliphatic rings. The molecule has 0 N–H and O–H groups in total. The van der Waals surface area contributed by atoms with Crippen molar-refractivity contribution in [3.63, 3.8) is 0 Å². The van der Waals surface area contributed by atoms with Crippen LogP contribution in [0.15, 0.2) is 170 Å². The van der Waals surface area contributed by atoms with Gasteiger partial charge in [-0.05, 0) is 53.1 Å². The highest BCUT2D eigenvalue weighted by Crippen LogP contribution is 2.43. The second-order valence-corrected chi connectivity index (χ2v) is 12.6. The van der Waals surface area contributed by atoms with Crippen LogP contribution in [0.25, 0.3) is 55.5 Å². The molecule has 2 unspecified atom stereocenters. The van der Waals surface area contributed by atoms with E-state index < -0.39 is 0 Å². The molecule has 3 nitrogen and oxygen atoms in total. The number of allylic oxidation sites excluding steroid dienone is 3. The Morgan fingerprint density at radius 2 is 1.27 bits per heavy atom. The van der Waals surface area contributed by atoms with Gasteiger partial charge >= 0.3 is 0 Å². The molecule has 230 valence electrons. The summed E-state index contributed by atoms with van der Waals surface area (Å²) in [5.41, 5.74) is 11.1. The van der Waals surface area contributed by atoms with Crippen molar-refractivity contribution < 1.29 is 4.74 Å². The van der Waals surface area contributed by atoms with Crippen LogP contribution < -0.4 is 0 Å². The van der Waals surface area contributed by atoms with E-state index in [1.807, 2.05) is 0 Å². The molecule has 9 rings (SSSR count). The lowest BCUT2D eigenvalue weighted by Gasteiger charge is -2.23. The molecule has 0 saturated heterocycles. The Balaban J connectivity index is 1.39. The number of ether oxygens (including phenoxy) is 1. The Morgan fingerprint density at radius 1 is 0.625 bits per heavy atom. The highest BCUT2D eigenvalue weighted by Gasteiger charge is 2.29. The fourth-order valence-electron chi connectivity index (χ4n) is 7.42. The van der Waals surface area contributed by atoms with Gasteiger partial charge in [0.05, 0.1) is 35.3 Å². The maximum Gasteiger partial charge on any atom is 0.0829 e. The predicted octanol–water partition coefficient (Wildman–Crippen LogP) is 11.0. The van der Waals surface area contributed by atoms with Crippen molar-refractivity contribution >= 4 is 27.2 Å². The van der Waals surface area contributed by atoms with Crippen molar-refractivity contribution in [2.75, 3.05) is 0 Å². The van der Waals surface area contributed by atoms with Crippen LogP contribution >= 0.6 is 0 Å². The lowest BCUT2D eigenvalue weighted by molar-refractivity contribution is 0.0464. The summed E-state index contributed by atoms with van der Waals surface area (Å²) in [7, 11) is 0. The summed E-state index contributed by atoms with van der Waals surface area (Å²) in [6.07, 6.45) is 12.1. The Kier molecular flexibility index (Phi) is 7.18. The Hall–Kier alpha value is -5.77. The van der Waals surface area contributed by atoms with Crippen molar-refractivity contribution in [2.24, 2.45) is 5.92 Å². The van der Waals surface area contributed by atoms with E-state index in [0.29, 0.717) is 6.61 Å². The molecule has 0 amide bonds. The number of nitrogens with zero attached hydrogens (tertiary/aromatic N) is 2. The van der Waals surface area contributed by atoms with Crippen molar-refractivity contribution in [1.82, 2.24) is 9.55 Å². The molecule has 3 heteroatoms. The standard InChI is InChI=1S/C45H34N2O/c1-4-15-32(16-5-1)40-28-35(29-41(46-40)33-17-6-2-7-18-33)38-26-24-34-19-11-13-23-43(34)48-30-39-44-37-22-12-10-14-31(37)25-27-42(44)47(45(38)39)36-20-8-3-9-21-36/h1-23,25-29,34,43H,24,30H2/b38-26-. The van der Waals surface area contributed by atoms with E-state index in [2.05, 4.69) is 174 Å². The van der Waals surface area contributed by atoms with Gasteiger partial charge < -0.3 is 9.30 Å². The first kappa shape index (κ1) is 28.5. The predicted molar refractivity (Wildman–Crippen MR) is 198 cm³/mol. The van der Waals surface area contributed by atoms with Gasteiger partial charge in [0.2, 0.25) is 0 Å². The second kappa shape index (κ2) is 12.1. The van der Waals surface area contributed by atoms with Gasteiger partial charge in [0.1, 0.15) is 0 Å². The second-order valence-electron chi connectivity index (χ2n) is 12.6. The minimum atomic E-state index is 0.000696. The zero-order valence-electron chi connectivity index (χ0n) is 26.5. The van der Waals surface area contributed by atoms with Gasteiger partial charge in [-0.25, -0.2) is 4.98 Å². The minimum absolute atomic E-state index is 0.000696. The number of fused-ring (bicyclic) bond motifs is 6. The van der Waals surface area contributed by atoms with Crippen LogP contribution in [0, 0.1) is 5.92 Å². The average molecular weight is 619 g/mol. The molecule has 48 heavy (non-hydrogen) atoms. The number of para-hydroxylation sites is 1. The van der Waals surface area contributed by atoms with Crippen LogP contribution in [-0.4, -0.2) is 15.7 Å². The highest BCUT2D eigenvalue weighted by molar-refractivity contribution is 6.11. The Labute approximate surface area is 280 Å². The zero-order valence-corrected chi connectivity index (χ0v) is 26.5. The quantitative estimate of drug-likeness (QED) is 0.196. The molecule has 7 aromatic rings. The summed E-state index contributed by atoms with van der Waals surface area (Å²) in [4.78, 5) is 5.24. The molecule has 3 heterocycles. The molecule has 0 spiro atoms. The van der Waals surface area contributed by atoms with Gasteiger partial charge in [-0.3, -0.25) is 0 Å². The maximum absolute atomic E-state index is 6.87. The van der Waals surface area contributed by atoms with Gasteiger partial charge in [0.15, 0.2) is 0 Å². The van der Waals surface area contributed by atoms with Crippen LogP contribution in [0.2, 0.25) is 0 Å². The van der Waals surface area contributed by atoms with Crippen LogP contribution in [0.4, 0.5) is 0 Å². The van der Waals surface area contributed by atoms with E-state index in [-0.39, 0.29) is 12.0 Å². The Bertz CT molecular complexity index is 2310. The number of hydrogen-bond donors (Lipinski definition) is 0. The topological polar surface area (TPSA) is 27.1 Å². The summed E-state index contributed by atoms with van der Waals surface area (Å²) < 4.78 is 9.33. The van der Waals surface area contributed by atoms with E-state index in [1.54, 1.807) is 0 Å². The number of aromatic nitrogens is 2. The van der Waals surface area contributed by atoms with Gasteiger partial charge in [0.25, 0.3) is 0 Å². The molecule has 0 saturated carbocycles. The minimum Gasteiger partial charge on any atom is -0.369 e. The van der Waals surface area contributed by atoms with Crippen LogP contribution in [0.3, 0.4) is 0 Å². The van der Waals surface area contributed by atoms with E-state index in [1.165, 1.54) is 38.5 Å². The van der Waals surface area contributed by atoms with Gasteiger partial charge in [-0.2, -0.15) is 0 Å². The maximum atomic E-state index is 6.87. The number of hydrogen-bond acceptors (Lipinski definition) is 2. The molecule has 2 aromatic heterocycles. The zero-order chi connectivity index (χ0) is 31.9. The van der Waals surface area contributed by atoms with Gasteiger partial charge in [-0.15, -0.1) is 0 Å². The van der Waals surface area contributed by atoms with Crippen molar-refractivity contribution in [3.05, 3.63) is 187 Å². The first-order valence-electron chi connectivity index (χ1n) is 16.7.